The summed E-state index contributed by atoms with van der Waals surface area (Å²) in [6.45, 7) is 6.55. The zero-order chi connectivity index (χ0) is 23.2. The van der Waals surface area contributed by atoms with E-state index in [0.717, 1.165) is 42.0 Å². The van der Waals surface area contributed by atoms with E-state index in [9.17, 15) is 4.79 Å². The molecular formula is C24H29N7O2. The van der Waals surface area contributed by atoms with Crippen LogP contribution in [-0.2, 0) is 18.4 Å². The lowest BCUT2D eigenvalue weighted by atomic mass is 9.85. The maximum atomic E-state index is 13.6. The van der Waals surface area contributed by atoms with Crippen molar-refractivity contribution in [1.82, 2.24) is 29.9 Å². The van der Waals surface area contributed by atoms with Gasteiger partial charge in [-0.25, -0.2) is 4.98 Å². The molecule has 0 N–H and O–H groups in total. The molecule has 172 valence electrons. The molecule has 9 heteroatoms. The second kappa shape index (κ2) is 8.13. The van der Waals surface area contributed by atoms with Gasteiger partial charge in [0, 0.05) is 44.0 Å². The van der Waals surface area contributed by atoms with Crippen molar-refractivity contribution in [2.45, 2.75) is 33.2 Å². The summed E-state index contributed by atoms with van der Waals surface area (Å²) in [5, 5.41) is 9.17. The summed E-state index contributed by atoms with van der Waals surface area (Å²) in [5.74, 6) is 1.36. The zero-order valence-electron chi connectivity index (χ0n) is 19.6. The van der Waals surface area contributed by atoms with Gasteiger partial charge in [-0.1, -0.05) is 23.8 Å². The molecule has 2 saturated heterocycles. The van der Waals surface area contributed by atoms with E-state index < -0.39 is 5.41 Å². The highest BCUT2D eigenvalue weighted by Crippen LogP contribution is 2.42. The number of carbonyl (C=O) groups is 1. The number of carbonyl (C=O) groups excluding carboxylic acids is 1. The number of benzene rings is 1. The Morgan fingerprint density at radius 2 is 1.91 bits per heavy atom. The summed E-state index contributed by atoms with van der Waals surface area (Å²) < 4.78 is 5.31. The number of ether oxygens (including phenoxy) is 1. The number of amides is 1. The van der Waals surface area contributed by atoms with Crippen LogP contribution in [0.15, 0.2) is 30.3 Å². The number of rotatable bonds is 5. The Bertz CT molecular complexity index is 1210. The number of likely N-dealkylation sites (tertiary alicyclic amines) is 1. The number of anilines is 1. The van der Waals surface area contributed by atoms with E-state index in [1.807, 2.05) is 37.1 Å². The number of hydrogen-bond acceptors (Lipinski definition) is 7. The smallest absolute Gasteiger partial charge is 0.231 e. The van der Waals surface area contributed by atoms with Crippen LogP contribution in [-0.4, -0.2) is 62.5 Å². The van der Waals surface area contributed by atoms with Gasteiger partial charge in [-0.2, -0.15) is 20.0 Å². The molecule has 1 aromatic carbocycles. The molecule has 1 atom stereocenters. The standard InChI is InChI=1S/C24H29N7O2/c1-16-6-5-7-18(12-16)21-19(27-29(3)28-21)14-30-10-8-24(22(30)32)9-11-31(15-24)23-25-17(2)13-20(26-23)33-4/h5-7,12-13H,8-11,14-15H2,1-4H3. The van der Waals surface area contributed by atoms with Gasteiger partial charge in [0.05, 0.1) is 19.1 Å². The van der Waals surface area contributed by atoms with Crippen molar-refractivity contribution >= 4 is 11.9 Å². The minimum Gasteiger partial charge on any atom is -0.481 e. The normalized spacial score (nSPS) is 20.3. The third kappa shape index (κ3) is 3.92. The van der Waals surface area contributed by atoms with Crippen LogP contribution in [0.5, 0.6) is 5.88 Å². The first kappa shape index (κ1) is 21.4. The first-order valence-electron chi connectivity index (χ1n) is 11.3. The second-order valence-corrected chi connectivity index (χ2v) is 9.13. The number of methoxy groups -OCH3 is 1. The van der Waals surface area contributed by atoms with Gasteiger partial charge in [-0.05, 0) is 32.8 Å². The molecule has 0 radical (unpaired) electrons. The molecule has 2 fully saturated rings. The Hall–Kier alpha value is -3.49. The molecule has 1 unspecified atom stereocenters. The Morgan fingerprint density at radius 1 is 1.09 bits per heavy atom. The van der Waals surface area contributed by atoms with Gasteiger partial charge in [0.25, 0.3) is 0 Å². The fourth-order valence-electron chi connectivity index (χ4n) is 4.99. The lowest BCUT2D eigenvalue weighted by Gasteiger charge is -2.23. The summed E-state index contributed by atoms with van der Waals surface area (Å²) in [5.41, 5.74) is 4.31. The van der Waals surface area contributed by atoms with Gasteiger partial charge in [0.1, 0.15) is 11.4 Å². The maximum absolute atomic E-state index is 13.6. The SMILES string of the molecule is COc1cc(C)nc(N2CCC3(CCN(Cc4nn(C)nc4-c4cccc(C)c4)C3=O)C2)n1. The zero-order valence-corrected chi connectivity index (χ0v) is 19.6. The number of nitrogens with zero attached hydrogens (tertiary/aromatic N) is 7. The van der Waals surface area contributed by atoms with Crippen LogP contribution in [0.25, 0.3) is 11.3 Å². The molecule has 2 aromatic heterocycles. The van der Waals surface area contributed by atoms with Crippen molar-refractivity contribution in [1.29, 1.82) is 0 Å². The molecule has 33 heavy (non-hydrogen) atoms. The highest BCUT2D eigenvalue weighted by molar-refractivity contribution is 5.86. The van der Waals surface area contributed by atoms with Gasteiger partial charge < -0.3 is 14.5 Å². The van der Waals surface area contributed by atoms with Crippen LogP contribution in [0.4, 0.5) is 5.95 Å². The second-order valence-electron chi connectivity index (χ2n) is 9.13. The van der Waals surface area contributed by atoms with E-state index in [2.05, 4.69) is 44.1 Å². The highest BCUT2D eigenvalue weighted by atomic mass is 16.5. The van der Waals surface area contributed by atoms with E-state index in [1.165, 1.54) is 5.56 Å². The van der Waals surface area contributed by atoms with Crippen LogP contribution >= 0.6 is 0 Å². The minimum atomic E-state index is -0.397. The molecule has 0 bridgehead atoms. The van der Waals surface area contributed by atoms with Gasteiger partial charge in [-0.15, -0.1) is 0 Å². The predicted molar refractivity (Wildman–Crippen MR) is 124 cm³/mol. The quantitative estimate of drug-likeness (QED) is 0.594. The third-order valence-corrected chi connectivity index (χ3v) is 6.68. The van der Waals surface area contributed by atoms with Gasteiger partial charge in [0.2, 0.25) is 17.7 Å². The van der Waals surface area contributed by atoms with E-state index in [-0.39, 0.29) is 5.91 Å². The summed E-state index contributed by atoms with van der Waals surface area (Å²) in [4.78, 5) is 28.3. The van der Waals surface area contributed by atoms with Crippen LogP contribution in [0.1, 0.15) is 29.8 Å². The molecule has 4 heterocycles. The van der Waals surface area contributed by atoms with Crippen molar-refractivity contribution in [2.24, 2.45) is 12.5 Å². The van der Waals surface area contributed by atoms with Crippen molar-refractivity contribution in [3.05, 3.63) is 47.3 Å². The molecule has 5 rings (SSSR count). The third-order valence-electron chi connectivity index (χ3n) is 6.68. The molecule has 0 saturated carbocycles. The van der Waals surface area contributed by atoms with Gasteiger partial charge in [0.15, 0.2) is 0 Å². The van der Waals surface area contributed by atoms with E-state index in [4.69, 9.17) is 4.74 Å². The summed E-state index contributed by atoms with van der Waals surface area (Å²) >= 11 is 0. The minimum absolute atomic E-state index is 0.186. The molecule has 3 aromatic rings. The first-order chi connectivity index (χ1) is 15.9. The molecule has 2 aliphatic rings. The van der Waals surface area contributed by atoms with Crippen molar-refractivity contribution < 1.29 is 9.53 Å². The van der Waals surface area contributed by atoms with Crippen LogP contribution < -0.4 is 9.64 Å². The van der Waals surface area contributed by atoms with Crippen LogP contribution in [0.3, 0.4) is 0 Å². The molecule has 0 aliphatic carbocycles. The lowest BCUT2D eigenvalue weighted by molar-refractivity contribution is -0.135. The molecule has 1 amide bonds. The van der Waals surface area contributed by atoms with Crippen LogP contribution in [0, 0.1) is 19.3 Å². The van der Waals surface area contributed by atoms with E-state index >= 15 is 0 Å². The number of aryl methyl sites for hydroxylation is 3. The fraction of sp³-hybridized carbons (Fsp3) is 0.458. The van der Waals surface area contributed by atoms with Crippen LogP contribution in [0.2, 0.25) is 0 Å². The first-order valence-corrected chi connectivity index (χ1v) is 11.3. The van der Waals surface area contributed by atoms with Gasteiger partial charge >= 0.3 is 0 Å². The molecule has 9 nitrogen and oxygen atoms in total. The Balaban J connectivity index is 1.34. The maximum Gasteiger partial charge on any atom is 0.231 e. The number of hydrogen-bond donors (Lipinski definition) is 0. The fourth-order valence-corrected chi connectivity index (χ4v) is 4.99. The van der Waals surface area contributed by atoms with Crippen molar-refractivity contribution in [3.8, 4) is 17.1 Å². The van der Waals surface area contributed by atoms with Crippen molar-refractivity contribution in [2.75, 3.05) is 31.6 Å². The molecule has 1 spiro atoms. The molecule has 2 aliphatic heterocycles. The summed E-state index contributed by atoms with van der Waals surface area (Å²) in [6, 6.07) is 10.0. The summed E-state index contributed by atoms with van der Waals surface area (Å²) in [6.07, 6.45) is 1.62. The molecular weight excluding hydrogens is 418 g/mol. The largest absolute Gasteiger partial charge is 0.481 e. The van der Waals surface area contributed by atoms with E-state index in [0.29, 0.717) is 31.5 Å². The number of aromatic nitrogens is 5. The topological polar surface area (TPSA) is 89.3 Å². The van der Waals surface area contributed by atoms with Crippen molar-refractivity contribution in [3.63, 3.8) is 0 Å². The Labute approximate surface area is 193 Å². The average Bonchev–Trinajstić information content (AvgIpc) is 3.47. The highest BCUT2D eigenvalue weighted by Gasteiger charge is 2.51. The van der Waals surface area contributed by atoms with E-state index in [1.54, 1.807) is 11.9 Å². The summed E-state index contributed by atoms with van der Waals surface area (Å²) in [7, 11) is 3.42. The Kier molecular flexibility index (Phi) is 5.26. The average molecular weight is 448 g/mol. The predicted octanol–water partition coefficient (Wildman–Crippen LogP) is 2.53. The van der Waals surface area contributed by atoms with Gasteiger partial charge in [-0.3, -0.25) is 4.79 Å². The monoisotopic (exact) mass is 447 g/mol. The lowest BCUT2D eigenvalue weighted by Crippen LogP contribution is -2.37. The Morgan fingerprint density at radius 3 is 2.70 bits per heavy atom.